The van der Waals surface area contributed by atoms with Crippen molar-refractivity contribution in [1.82, 2.24) is 9.62 Å². The Bertz CT molecular complexity index is 1340. The van der Waals surface area contributed by atoms with E-state index in [2.05, 4.69) is 15.7 Å². The smallest absolute Gasteiger partial charge is 0.240 e. The highest BCUT2D eigenvalue weighted by molar-refractivity contribution is 7.89. The van der Waals surface area contributed by atoms with Crippen molar-refractivity contribution in [3.05, 3.63) is 83.9 Å². The van der Waals surface area contributed by atoms with Crippen molar-refractivity contribution in [2.45, 2.75) is 23.8 Å². The monoisotopic (exact) mass is 486 g/mol. The summed E-state index contributed by atoms with van der Waals surface area (Å²) in [5, 5.41) is 17.9. The summed E-state index contributed by atoms with van der Waals surface area (Å²) in [5.74, 6) is 0.800. The number of sulfonamides is 1. The number of hydrogen-bond donors (Lipinski definition) is 1. The molecule has 1 aliphatic heterocycles. The lowest BCUT2D eigenvalue weighted by molar-refractivity contribution is 0.261. The molecule has 0 amide bonds. The Kier molecular flexibility index (Phi) is 7.79. The first-order chi connectivity index (χ1) is 17.0. The number of likely N-dealkylation sites (tertiary alicyclic amines) is 1. The zero-order chi connectivity index (χ0) is 24.7. The summed E-state index contributed by atoms with van der Waals surface area (Å²) >= 11 is 0. The van der Waals surface area contributed by atoms with Crippen molar-refractivity contribution >= 4 is 10.0 Å². The standard InChI is InChI=1S/C27H26N4O3S/c28-18-21-5-7-23(8-6-21)24-9-11-26(12-10-24)34-16-2-14-31-15-13-25(20-31)30-35(32,33)27-4-1-3-22(17-27)19-29/h1,3-12,17,25,30H,2,13-16,20H2/t25-/m1/s1. The van der Waals surface area contributed by atoms with Crippen LogP contribution < -0.4 is 9.46 Å². The summed E-state index contributed by atoms with van der Waals surface area (Å²) in [7, 11) is -3.65. The summed E-state index contributed by atoms with van der Waals surface area (Å²) in [6.45, 7) is 2.87. The van der Waals surface area contributed by atoms with Crippen molar-refractivity contribution in [2.24, 2.45) is 0 Å². The molecule has 3 aromatic carbocycles. The van der Waals surface area contributed by atoms with Gasteiger partial charge >= 0.3 is 0 Å². The fourth-order valence-electron chi connectivity index (χ4n) is 4.11. The molecule has 1 heterocycles. The first-order valence-corrected chi connectivity index (χ1v) is 12.9. The molecule has 178 valence electrons. The summed E-state index contributed by atoms with van der Waals surface area (Å²) < 4.78 is 33.9. The normalized spacial score (nSPS) is 15.9. The van der Waals surface area contributed by atoms with Crippen LogP contribution in [-0.4, -0.2) is 45.6 Å². The molecule has 3 aromatic rings. The van der Waals surface area contributed by atoms with Gasteiger partial charge in [0.2, 0.25) is 10.0 Å². The zero-order valence-corrected chi connectivity index (χ0v) is 20.0. The van der Waals surface area contributed by atoms with Gasteiger partial charge in [0.25, 0.3) is 0 Å². The van der Waals surface area contributed by atoms with Gasteiger partial charge in [-0.05, 0) is 73.0 Å². The van der Waals surface area contributed by atoms with Gasteiger partial charge in [-0.15, -0.1) is 0 Å². The predicted molar refractivity (Wildman–Crippen MR) is 133 cm³/mol. The van der Waals surface area contributed by atoms with Crippen LogP contribution in [-0.2, 0) is 10.0 Å². The Hall–Kier alpha value is -3.69. The molecule has 8 heteroatoms. The molecule has 0 saturated carbocycles. The van der Waals surface area contributed by atoms with E-state index >= 15 is 0 Å². The van der Waals surface area contributed by atoms with E-state index in [4.69, 9.17) is 15.3 Å². The maximum absolute atomic E-state index is 12.7. The van der Waals surface area contributed by atoms with Crippen LogP contribution in [0.1, 0.15) is 24.0 Å². The number of hydrogen-bond acceptors (Lipinski definition) is 6. The molecule has 7 nitrogen and oxygen atoms in total. The molecule has 0 spiro atoms. The Labute approximate surface area is 206 Å². The van der Waals surface area contributed by atoms with E-state index in [0.717, 1.165) is 42.8 Å². The first kappa shape index (κ1) is 24.4. The fraction of sp³-hybridized carbons (Fsp3) is 0.259. The summed E-state index contributed by atoms with van der Waals surface area (Å²) in [4.78, 5) is 2.35. The quantitative estimate of drug-likeness (QED) is 0.460. The van der Waals surface area contributed by atoms with Crippen LogP contribution >= 0.6 is 0 Å². The van der Waals surface area contributed by atoms with E-state index in [9.17, 15) is 8.42 Å². The van der Waals surface area contributed by atoms with Crippen LogP contribution in [0.5, 0.6) is 5.75 Å². The van der Waals surface area contributed by atoms with Crippen molar-refractivity contribution < 1.29 is 13.2 Å². The number of benzene rings is 3. The topological polar surface area (TPSA) is 106 Å². The van der Waals surface area contributed by atoms with E-state index in [-0.39, 0.29) is 10.9 Å². The molecule has 1 fully saturated rings. The van der Waals surface area contributed by atoms with Crippen molar-refractivity contribution in [3.8, 4) is 29.0 Å². The molecule has 35 heavy (non-hydrogen) atoms. The second-order valence-corrected chi connectivity index (χ2v) is 10.2. The molecule has 1 saturated heterocycles. The predicted octanol–water partition coefficient (Wildman–Crippen LogP) is 3.92. The van der Waals surface area contributed by atoms with Crippen LogP contribution in [0, 0.1) is 22.7 Å². The van der Waals surface area contributed by atoms with E-state index in [1.54, 1.807) is 24.3 Å². The second-order valence-electron chi connectivity index (χ2n) is 8.46. The summed E-state index contributed by atoms with van der Waals surface area (Å²) in [6.07, 6.45) is 1.58. The van der Waals surface area contributed by atoms with Gasteiger partial charge in [0.15, 0.2) is 0 Å². The van der Waals surface area contributed by atoms with E-state index < -0.39 is 10.0 Å². The largest absolute Gasteiger partial charge is 0.494 e. The molecule has 1 atom stereocenters. The van der Waals surface area contributed by atoms with Gasteiger partial charge in [0.1, 0.15) is 5.75 Å². The number of ether oxygens (including phenoxy) is 1. The molecular formula is C27H26N4O3S. The van der Waals surface area contributed by atoms with Crippen LogP contribution in [0.3, 0.4) is 0 Å². The minimum atomic E-state index is -3.65. The summed E-state index contributed by atoms with van der Waals surface area (Å²) in [6, 6.07) is 25.4. The molecule has 0 unspecified atom stereocenters. The third-order valence-corrected chi connectivity index (χ3v) is 7.47. The van der Waals surface area contributed by atoms with Gasteiger partial charge in [-0.3, -0.25) is 0 Å². The molecule has 0 aliphatic carbocycles. The van der Waals surface area contributed by atoms with Crippen molar-refractivity contribution in [2.75, 3.05) is 26.2 Å². The lowest BCUT2D eigenvalue weighted by Gasteiger charge is -2.17. The number of rotatable bonds is 9. The molecule has 0 aromatic heterocycles. The molecule has 1 aliphatic rings. The number of nitrogens with zero attached hydrogens (tertiary/aromatic N) is 3. The third kappa shape index (κ3) is 6.46. The summed E-state index contributed by atoms with van der Waals surface area (Å²) in [5.41, 5.74) is 3.07. The second kappa shape index (κ2) is 11.2. The van der Waals surface area contributed by atoms with Crippen LogP contribution in [0.2, 0.25) is 0 Å². The molecule has 0 radical (unpaired) electrons. The van der Waals surface area contributed by atoms with Crippen LogP contribution in [0.15, 0.2) is 77.7 Å². The van der Waals surface area contributed by atoms with E-state index in [1.807, 2.05) is 42.5 Å². The van der Waals surface area contributed by atoms with Crippen molar-refractivity contribution in [1.29, 1.82) is 10.5 Å². The molecule has 4 rings (SSSR count). The van der Waals surface area contributed by atoms with Gasteiger partial charge < -0.3 is 9.64 Å². The Morgan fingerprint density at radius 2 is 1.63 bits per heavy atom. The lowest BCUT2D eigenvalue weighted by atomic mass is 10.0. The zero-order valence-electron chi connectivity index (χ0n) is 19.2. The molecule has 1 N–H and O–H groups in total. The number of nitriles is 2. The minimum absolute atomic E-state index is 0.119. The van der Waals surface area contributed by atoms with Crippen molar-refractivity contribution in [3.63, 3.8) is 0 Å². The average Bonchev–Trinajstić information content (AvgIpc) is 3.33. The van der Waals surface area contributed by atoms with Crippen LogP contribution in [0.4, 0.5) is 0 Å². The van der Waals surface area contributed by atoms with Gasteiger partial charge in [-0.2, -0.15) is 10.5 Å². The van der Waals surface area contributed by atoms with E-state index in [1.165, 1.54) is 12.1 Å². The van der Waals surface area contributed by atoms with Gasteiger partial charge in [-0.25, -0.2) is 13.1 Å². The third-order valence-electron chi connectivity index (χ3n) is 5.96. The average molecular weight is 487 g/mol. The fourth-order valence-corrected chi connectivity index (χ4v) is 5.42. The lowest BCUT2D eigenvalue weighted by Crippen LogP contribution is -2.37. The Balaban J connectivity index is 1.20. The minimum Gasteiger partial charge on any atom is -0.494 e. The van der Waals surface area contributed by atoms with Gasteiger partial charge in [0, 0.05) is 19.1 Å². The SMILES string of the molecule is N#Cc1ccc(-c2ccc(OCCCN3CC[C@@H](NS(=O)(=O)c4cccc(C#N)c4)C3)cc2)cc1. The number of nitrogens with one attached hydrogen (secondary N) is 1. The highest BCUT2D eigenvalue weighted by Gasteiger charge is 2.27. The molecular weight excluding hydrogens is 460 g/mol. The highest BCUT2D eigenvalue weighted by Crippen LogP contribution is 2.23. The Morgan fingerprint density at radius 3 is 2.31 bits per heavy atom. The highest BCUT2D eigenvalue weighted by atomic mass is 32.2. The maximum Gasteiger partial charge on any atom is 0.240 e. The Morgan fingerprint density at radius 1 is 0.943 bits per heavy atom. The molecule has 0 bridgehead atoms. The maximum atomic E-state index is 12.7. The van der Waals surface area contributed by atoms with Crippen LogP contribution in [0.25, 0.3) is 11.1 Å². The van der Waals surface area contributed by atoms with Gasteiger partial charge in [-0.1, -0.05) is 30.3 Å². The van der Waals surface area contributed by atoms with E-state index in [0.29, 0.717) is 24.3 Å². The van der Waals surface area contributed by atoms with Gasteiger partial charge in [0.05, 0.1) is 34.8 Å². The first-order valence-electron chi connectivity index (χ1n) is 11.4.